The molecule has 1 heterocycles. The van der Waals surface area contributed by atoms with Crippen LogP contribution in [0.4, 0.5) is 0 Å². The van der Waals surface area contributed by atoms with Crippen LogP contribution in [0.1, 0.15) is 70.3 Å². The van der Waals surface area contributed by atoms with Crippen LogP contribution in [0.5, 0.6) is 5.75 Å². The summed E-state index contributed by atoms with van der Waals surface area (Å²) in [6.45, 7) is 2.22. The molecule has 1 aliphatic heterocycles. The van der Waals surface area contributed by atoms with Gasteiger partial charge in [-0.1, -0.05) is 93.8 Å². The molecule has 1 atom stereocenters. The van der Waals surface area contributed by atoms with E-state index in [-0.39, 0.29) is 21.8 Å². The van der Waals surface area contributed by atoms with Gasteiger partial charge in [-0.2, -0.15) is 13.5 Å². The predicted molar refractivity (Wildman–Crippen MR) is 147 cm³/mol. The topological polar surface area (TPSA) is 97.2 Å². The van der Waals surface area contributed by atoms with E-state index >= 15 is 0 Å². The van der Waals surface area contributed by atoms with Gasteiger partial charge in [-0.25, -0.2) is 0 Å². The minimum Gasteiger partial charge on any atom is -0.379 e. The van der Waals surface area contributed by atoms with E-state index in [9.17, 15) is 13.2 Å². The third-order valence-corrected chi connectivity index (χ3v) is 8.27. The molecule has 1 aliphatic rings. The zero-order valence-electron chi connectivity index (χ0n) is 20.4. The molecular weight excluding hydrogens is 518 g/mol. The van der Waals surface area contributed by atoms with Gasteiger partial charge >= 0.3 is 10.1 Å². The number of rotatable bonds is 14. The quantitative estimate of drug-likeness (QED) is 0.124. The lowest BCUT2D eigenvalue weighted by Crippen LogP contribution is -2.24. The molecule has 194 valence electrons. The summed E-state index contributed by atoms with van der Waals surface area (Å²) in [5.41, 5.74) is 0.605. The fourth-order valence-corrected chi connectivity index (χ4v) is 5.70. The van der Waals surface area contributed by atoms with E-state index in [1.807, 2.05) is 0 Å². The van der Waals surface area contributed by atoms with E-state index in [4.69, 9.17) is 15.8 Å². The van der Waals surface area contributed by atoms with E-state index in [0.717, 1.165) is 19.3 Å². The first-order chi connectivity index (χ1) is 17.4. The van der Waals surface area contributed by atoms with Crippen LogP contribution in [0, 0.1) is 0 Å². The Morgan fingerprint density at radius 3 is 2.44 bits per heavy atom. The molecule has 0 spiro atoms. The Labute approximate surface area is 222 Å². The zero-order valence-corrected chi connectivity index (χ0v) is 22.7. The molecule has 0 aliphatic carbocycles. The van der Waals surface area contributed by atoms with Crippen molar-refractivity contribution in [1.82, 2.24) is 5.32 Å². The van der Waals surface area contributed by atoms with E-state index in [1.165, 1.54) is 80.8 Å². The highest BCUT2D eigenvalue weighted by Gasteiger charge is 2.29. The molecule has 0 unspecified atom stereocenters. The van der Waals surface area contributed by atoms with Crippen molar-refractivity contribution in [2.24, 2.45) is 10.2 Å². The van der Waals surface area contributed by atoms with Gasteiger partial charge in [0.1, 0.15) is 10.6 Å². The number of carbonyl (C=O) groups excluding carboxylic acids is 1. The van der Waals surface area contributed by atoms with Gasteiger partial charge in [0.25, 0.3) is 0 Å². The number of thioether (sulfide) groups is 1. The van der Waals surface area contributed by atoms with Crippen molar-refractivity contribution in [3.63, 3.8) is 0 Å². The summed E-state index contributed by atoms with van der Waals surface area (Å²) in [6, 6.07) is 12.2. The second-order valence-corrected chi connectivity index (χ2v) is 11.7. The first-order valence-corrected chi connectivity index (χ1v) is 14.9. The van der Waals surface area contributed by atoms with Crippen molar-refractivity contribution in [2.45, 2.75) is 74.9 Å². The maximum Gasteiger partial charge on any atom is 0.339 e. The number of nitrogens with zero attached hydrogens (tertiary/aromatic N) is 2. The number of hydrogen-bond acceptors (Lipinski definition) is 7. The molecule has 1 saturated heterocycles. The van der Waals surface area contributed by atoms with E-state index in [0.29, 0.717) is 15.8 Å². The Morgan fingerprint density at radius 2 is 1.72 bits per heavy atom. The second-order valence-electron chi connectivity index (χ2n) is 8.57. The fourth-order valence-electron chi connectivity index (χ4n) is 3.68. The average molecular weight is 550 g/mol. The summed E-state index contributed by atoms with van der Waals surface area (Å²) < 4.78 is 30.2. The molecule has 10 heteroatoms. The van der Waals surface area contributed by atoms with Gasteiger partial charge < -0.3 is 9.50 Å². The molecule has 0 radical (unpaired) electrons. The van der Waals surface area contributed by atoms with Crippen LogP contribution in [0.15, 0.2) is 63.6 Å². The smallest absolute Gasteiger partial charge is 0.339 e. The molecule has 3 rings (SSSR count). The molecule has 36 heavy (non-hydrogen) atoms. The summed E-state index contributed by atoms with van der Waals surface area (Å²) in [6.07, 6.45) is 12.2. The van der Waals surface area contributed by atoms with Crippen LogP contribution in [-0.4, -0.2) is 31.0 Å². The molecule has 0 aromatic heterocycles. The Hall–Kier alpha value is -2.36. The van der Waals surface area contributed by atoms with Crippen LogP contribution in [0.25, 0.3) is 0 Å². The monoisotopic (exact) mass is 549 g/mol. The lowest BCUT2D eigenvalue weighted by Gasteiger charge is -2.07. The lowest BCUT2D eigenvalue weighted by molar-refractivity contribution is -0.118. The average Bonchev–Trinajstić information content (AvgIpc) is 3.20. The molecular formula is C26H32ClN3O4S2. The van der Waals surface area contributed by atoms with Gasteiger partial charge in [-0.05, 0) is 48.4 Å². The molecule has 0 bridgehead atoms. The van der Waals surface area contributed by atoms with Crippen LogP contribution < -0.4 is 9.50 Å². The van der Waals surface area contributed by atoms with E-state index < -0.39 is 10.1 Å². The number of unbranched alkanes of at least 4 members (excludes halogenated alkanes) is 7. The first-order valence-electron chi connectivity index (χ1n) is 12.3. The van der Waals surface area contributed by atoms with Gasteiger partial charge in [-0.15, -0.1) is 5.10 Å². The van der Waals surface area contributed by atoms with E-state index in [2.05, 4.69) is 22.4 Å². The molecule has 7 nitrogen and oxygen atoms in total. The summed E-state index contributed by atoms with van der Waals surface area (Å²) in [5, 5.41) is 11.7. The molecule has 0 saturated carbocycles. The minimum absolute atomic E-state index is 0.00731. The van der Waals surface area contributed by atoms with Gasteiger partial charge in [0.05, 0.1) is 11.5 Å². The van der Waals surface area contributed by atoms with Crippen molar-refractivity contribution in [1.29, 1.82) is 0 Å². The summed E-state index contributed by atoms with van der Waals surface area (Å²) in [5.74, 6) is 0.121. The summed E-state index contributed by atoms with van der Waals surface area (Å²) in [4.78, 5) is 12.2. The maximum absolute atomic E-state index is 12.5. The number of hydrogen-bond donors (Lipinski definition) is 1. The normalized spacial score (nSPS) is 17.1. The van der Waals surface area contributed by atoms with Gasteiger partial charge in [0.15, 0.2) is 5.17 Å². The largest absolute Gasteiger partial charge is 0.379 e. The molecule has 1 fully saturated rings. The third kappa shape index (κ3) is 9.26. The lowest BCUT2D eigenvalue weighted by atomic mass is 10.1. The number of benzene rings is 2. The minimum atomic E-state index is -3.99. The SMILES string of the molecule is CCCCCCCCCC[C@@H]1S/C(=N\N=C/c2cccc(OS(=O)(=O)c3ccc(Cl)cc3)c2)NC1=O. The number of nitrogens with one attached hydrogen (secondary N) is 1. The van der Waals surface area contributed by atoms with Crippen LogP contribution in [0.3, 0.4) is 0 Å². The third-order valence-electron chi connectivity index (χ3n) is 5.62. The Kier molecular flexibility index (Phi) is 11.3. The van der Waals surface area contributed by atoms with Gasteiger partial charge in [0, 0.05) is 5.02 Å². The highest BCUT2D eigenvalue weighted by molar-refractivity contribution is 8.15. The molecule has 2 aromatic carbocycles. The van der Waals surface area contributed by atoms with Crippen molar-refractivity contribution >= 4 is 50.8 Å². The van der Waals surface area contributed by atoms with Crippen LogP contribution in [-0.2, 0) is 14.9 Å². The van der Waals surface area contributed by atoms with Crippen LogP contribution in [0.2, 0.25) is 5.02 Å². The Morgan fingerprint density at radius 1 is 1.03 bits per heavy atom. The molecule has 1 amide bonds. The first kappa shape index (κ1) is 28.2. The van der Waals surface area contributed by atoms with Crippen LogP contribution >= 0.6 is 23.4 Å². The summed E-state index contributed by atoms with van der Waals surface area (Å²) >= 11 is 7.22. The van der Waals surface area contributed by atoms with Gasteiger partial charge in [-0.3, -0.25) is 4.79 Å². The van der Waals surface area contributed by atoms with E-state index in [1.54, 1.807) is 24.3 Å². The zero-order chi connectivity index (χ0) is 25.8. The number of carbonyl (C=O) groups is 1. The number of amides is 1. The van der Waals surface area contributed by atoms with Crippen molar-refractivity contribution < 1.29 is 17.4 Å². The van der Waals surface area contributed by atoms with Gasteiger partial charge in [0.2, 0.25) is 5.91 Å². The van der Waals surface area contributed by atoms with Crippen molar-refractivity contribution in [3.8, 4) is 5.75 Å². The highest BCUT2D eigenvalue weighted by atomic mass is 35.5. The summed E-state index contributed by atoms with van der Waals surface area (Å²) in [7, 11) is -3.99. The predicted octanol–water partition coefficient (Wildman–Crippen LogP) is 6.56. The second kappa shape index (κ2) is 14.4. The van der Waals surface area contributed by atoms with Crippen molar-refractivity contribution in [2.75, 3.05) is 0 Å². The Bertz CT molecular complexity index is 1170. The standard InChI is InChI=1S/C26H32ClN3O4S2/c1-2-3-4-5-6-7-8-9-13-24-25(31)29-26(35-24)30-28-19-20-11-10-12-22(18-20)34-36(32,33)23-16-14-21(27)15-17-23/h10-12,14-19,24H,2-9,13H2,1H3,(H,29,30,31)/b28-19-/t24-/m0/s1. The molecule has 1 N–H and O–H groups in total. The van der Waals surface area contributed by atoms with Crippen molar-refractivity contribution in [3.05, 3.63) is 59.1 Å². The highest BCUT2D eigenvalue weighted by Crippen LogP contribution is 2.25. The Balaban J connectivity index is 1.47. The number of amidine groups is 1. The maximum atomic E-state index is 12.5. The molecule has 2 aromatic rings. The fraction of sp³-hybridized carbons (Fsp3) is 0.423. The number of halogens is 1.